The molecule has 2 aromatic heterocycles. The summed E-state index contributed by atoms with van der Waals surface area (Å²) in [7, 11) is 4.77. The number of nitrogens with one attached hydrogen (secondary N) is 1. The van der Waals surface area contributed by atoms with Crippen molar-refractivity contribution in [2.24, 2.45) is 0 Å². The Kier molecular flexibility index (Phi) is 6.70. The molecule has 0 aliphatic heterocycles. The third-order valence-corrected chi connectivity index (χ3v) is 6.43. The van der Waals surface area contributed by atoms with Crippen LogP contribution >= 0.6 is 11.3 Å². The van der Waals surface area contributed by atoms with E-state index in [0.29, 0.717) is 17.2 Å². The van der Waals surface area contributed by atoms with Crippen molar-refractivity contribution in [3.05, 3.63) is 68.5 Å². The number of anilines is 2. The lowest BCUT2D eigenvalue weighted by molar-refractivity contribution is 0.0607. The van der Waals surface area contributed by atoms with Crippen LogP contribution in [-0.4, -0.2) is 33.1 Å². The van der Waals surface area contributed by atoms with Crippen LogP contribution in [0, 0.1) is 32.1 Å². The van der Waals surface area contributed by atoms with Crippen molar-refractivity contribution in [2.45, 2.75) is 27.2 Å². The Labute approximate surface area is 191 Å². The average Bonchev–Trinajstić information content (AvgIpc) is 3.34. The Bertz CT molecular complexity index is 1210. The second-order valence-corrected chi connectivity index (χ2v) is 8.76. The minimum Gasteiger partial charge on any atom is -0.465 e. The lowest BCUT2D eigenvalue weighted by Crippen LogP contribution is -2.14. The van der Waals surface area contributed by atoms with Gasteiger partial charge in [0.2, 0.25) is 0 Å². The van der Waals surface area contributed by atoms with Gasteiger partial charge in [-0.2, -0.15) is 5.26 Å². The number of methoxy groups -OCH3 is 1. The van der Waals surface area contributed by atoms with Gasteiger partial charge in [0.15, 0.2) is 5.76 Å². The first-order chi connectivity index (χ1) is 15.2. The quantitative estimate of drug-likeness (QED) is 0.539. The summed E-state index contributed by atoms with van der Waals surface area (Å²) in [5.41, 5.74) is 5.02. The lowest BCUT2D eigenvalue weighted by Gasteiger charge is -2.10. The maximum absolute atomic E-state index is 12.9. The molecule has 0 radical (unpaired) electrons. The van der Waals surface area contributed by atoms with E-state index >= 15 is 0 Å². The van der Waals surface area contributed by atoms with Gasteiger partial charge in [-0.05, 0) is 49.6 Å². The zero-order chi connectivity index (χ0) is 23.6. The van der Waals surface area contributed by atoms with Crippen molar-refractivity contribution in [3.63, 3.8) is 0 Å². The minimum atomic E-state index is -0.625. The summed E-state index contributed by atoms with van der Waals surface area (Å²) in [4.78, 5) is 27.0. The van der Waals surface area contributed by atoms with E-state index in [0.717, 1.165) is 16.9 Å². The first-order valence-electron chi connectivity index (χ1n) is 9.95. The second kappa shape index (κ2) is 9.28. The van der Waals surface area contributed by atoms with Crippen LogP contribution in [0.3, 0.4) is 0 Å². The molecule has 0 saturated carbocycles. The molecule has 0 fully saturated rings. The number of nitriles is 1. The first-order valence-corrected chi connectivity index (χ1v) is 10.8. The Balaban J connectivity index is 1.89. The summed E-state index contributed by atoms with van der Waals surface area (Å²) >= 11 is 1.08. The number of rotatable bonds is 6. The molecule has 1 aromatic carbocycles. The molecule has 3 rings (SSSR count). The zero-order valence-electron chi connectivity index (χ0n) is 19.0. The largest absolute Gasteiger partial charge is 0.465 e. The van der Waals surface area contributed by atoms with Crippen LogP contribution in [-0.2, 0) is 11.2 Å². The molecule has 1 amide bonds. The third-order valence-electron chi connectivity index (χ3n) is 5.09. The van der Waals surface area contributed by atoms with Crippen LogP contribution < -0.4 is 10.2 Å². The van der Waals surface area contributed by atoms with Crippen LogP contribution in [0.1, 0.15) is 53.8 Å². The highest BCUT2D eigenvalue weighted by Gasteiger charge is 2.27. The Hall–Kier alpha value is -3.57. The van der Waals surface area contributed by atoms with E-state index in [-0.39, 0.29) is 21.9 Å². The fourth-order valence-corrected chi connectivity index (χ4v) is 4.67. The van der Waals surface area contributed by atoms with Gasteiger partial charge in [-0.15, -0.1) is 11.3 Å². The molecule has 0 aliphatic carbocycles. The molecule has 2 heterocycles. The summed E-state index contributed by atoms with van der Waals surface area (Å²) in [6.07, 6.45) is 0.561. The topological polar surface area (TPSA) is 95.6 Å². The number of esters is 1. The van der Waals surface area contributed by atoms with Gasteiger partial charge in [0.1, 0.15) is 27.3 Å². The Morgan fingerprint density at radius 1 is 1.19 bits per heavy atom. The number of hydrogen-bond acceptors (Lipinski definition) is 7. The van der Waals surface area contributed by atoms with Crippen molar-refractivity contribution < 1.29 is 18.7 Å². The molecule has 1 N–H and O–H groups in total. The van der Waals surface area contributed by atoms with Gasteiger partial charge in [0, 0.05) is 20.5 Å². The zero-order valence-corrected chi connectivity index (χ0v) is 19.8. The molecule has 0 saturated heterocycles. The van der Waals surface area contributed by atoms with Crippen molar-refractivity contribution in [1.82, 2.24) is 0 Å². The number of aryl methyl sites for hydroxylation is 3. The number of carbonyl (C=O) groups excluding carboxylic acids is 2. The molecule has 0 bridgehead atoms. The van der Waals surface area contributed by atoms with Gasteiger partial charge < -0.3 is 19.4 Å². The second-order valence-electron chi connectivity index (χ2n) is 7.76. The summed E-state index contributed by atoms with van der Waals surface area (Å²) in [5, 5.41) is 12.9. The van der Waals surface area contributed by atoms with E-state index < -0.39 is 11.9 Å². The highest BCUT2D eigenvalue weighted by atomic mass is 32.1. The van der Waals surface area contributed by atoms with Crippen molar-refractivity contribution >= 4 is 33.9 Å². The Morgan fingerprint density at radius 3 is 2.41 bits per heavy atom. The van der Waals surface area contributed by atoms with Gasteiger partial charge in [-0.1, -0.05) is 17.7 Å². The number of ether oxygens (including phenoxy) is 1. The smallest absolute Gasteiger partial charge is 0.350 e. The predicted octanol–water partition coefficient (Wildman–Crippen LogP) is 4.83. The van der Waals surface area contributed by atoms with E-state index in [1.165, 1.54) is 23.8 Å². The highest BCUT2D eigenvalue weighted by Crippen LogP contribution is 2.39. The minimum absolute atomic E-state index is 0.0970. The first kappa shape index (κ1) is 23.1. The number of amides is 1. The summed E-state index contributed by atoms with van der Waals surface area (Å²) in [6, 6.07) is 9.67. The van der Waals surface area contributed by atoms with E-state index in [9.17, 15) is 14.9 Å². The fraction of sp³-hybridized carbons (Fsp3) is 0.292. The number of benzene rings is 1. The standard InChI is InChI=1S/C24H25N3O4S/c1-13-9-14(2)17(15(3)10-13)11-16-7-8-19(31-16)22(28)26-20-18(12-25)23(27(4)5)32-21(20)24(29)30-6/h7-10H,11H2,1-6H3,(H,26,28). The fourth-order valence-electron chi connectivity index (χ4n) is 3.63. The van der Waals surface area contributed by atoms with E-state index in [2.05, 4.69) is 44.3 Å². The average molecular weight is 452 g/mol. The van der Waals surface area contributed by atoms with Crippen molar-refractivity contribution in [2.75, 3.05) is 31.4 Å². The number of nitrogens with zero attached hydrogens (tertiary/aromatic N) is 2. The highest BCUT2D eigenvalue weighted by molar-refractivity contribution is 7.18. The molecule has 7 nitrogen and oxygen atoms in total. The van der Waals surface area contributed by atoms with E-state index in [1.54, 1.807) is 31.1 Å². The van der Waals surface area contributed by atoms with Gasteiger partial charge in [-0.25, -0.2) is 4.79 Å². The summed E-state index contributed by atoms with van der Waals surface area (Å²) in [5.74, 6) is -0.420. The van der Waals surface area contributed by atoms with Crippen LogP contribution in [0.4, 0.5) is 10.7 Å². The lowest BCUT2D eigenvalue weighted by atomic mass is 9.97. The molecular formula is C24H25N3O4S. The van der Waals surface area contributed by atoms with Crippen LogP contribution in [0.2, 0.25) is 0 Å². The monoisotopic (exact) mass is 451 g/mol. The third kappa shape index (κ3) is 4.53. The van der Waals surface area contributed by atoms with Gasteiger partial charge in [0.25, 0.3) is 5.91 Å². The SMILES string of the molecule is COC(=O)c1sc(N(C)C)c(C#N)c1NC(=O)c1ccc(Cc2c(C)cc(C)cc2C)o1. The molecule has 3 aromatic rings. The number of thiophene rings is 1. The van der Waals surface area contributed by atoms with Crippen LogP contribution in [0.5, 0.6) is 0 Å². The summed E-state index contributed by atoms with van der Waals surface area (Å²) in [6.45, 7) is 6.18. The maximum Gasteiger partial charge on any atom is 0.350 e. The molecule has 8 heteroatoms. The van der Waals surface area contributed by atoms with Gasteiger partial charge in [0.05, 0.1) is 12.8 Å². The van der Waals surface area contributed by atoms with E-state index in [4.69, 9.17) is 9.15 Å². The van der Waals surface area contributed by atoms with Crippen molar-refractivity contribution in [3.8, 4) is 6.07 Å². The molecular weight excluding hydrogens is 426 g/mol. The number of carbonyl (C=O) groups is 2. The van der Waals surface area contributed by atoms with Crippen LogP contribution in [0.15, 0.2) is 28.7 Å². The maximum atomic E-state index is 12.9. The molecule has 0 aliphatic rings. The Morgan fingerprint density at radius 2 is 1.84 bits per heavy atom. The summed E-state index contributed by atoms with van der Waals surface area (Å²) < 4.78 is 10.6. The molecule has 166 valence electrons. The predicted molar refractivity (Wildman–Crippen MR) is 125 cm³/mol. The van der Waals surface area contributed by atoms with Gasteiger partial charge >= 0.3 is 5.97 Å². The normalized spacial score (nSPS) is 10.5. The van der Waals surface area contributed by atoms with Gasteiger partial charge in [-0.3, -0.25) is 4.79 Å². The number of hydrogen-bond donors (Lipinski definition) is 1. The molecule has 32 heavy (non-hydrogen) atoms. The molecule has 0 spiro atoms. The van der Waals surface area contributed by atoms with Crippen molar-refractivity contribution in [1.29, 1.82) is 5.26 Å². The van der Waals surface area contributed by atoms with Crippen LogP contribution in [0.25, 0.3) is 0 Å². The molecule has 0 unspecified atom stereocenters. The van der Waals surface area contributed by atoms with E-state index in [1.807, 2.05) is 0 Å². The number of furan rings is 1. The molecule has 0 atom stereocenters.